The summed E-state index contributed by atoms with van der Waals surface area (Å²) < 4.78 is 0. The third kappa shape index (κ3) is 14.9. The van der Waals surface area contributed by atoms with Crippen LogP contribution in [0.1, 0.15) is 162 Å². The molecule has 37 heavy (non-hydrogen) atoms. The molecule has 212 valence electrons. The molecule has 0 saturated carbocycles. The highest BCUT2D eigenvalue weighted by Crippen LogP contribution is 2.28. The molecule has 0 N–H and O–H groups in total. The SMILES string of the molecule is CCCCCCCCCCCCCCCCC1N(CCCCCCCCCC)C=CN1c1ccccc1. The van der Waals surface area contributed by atoms with Gasteiger partial charge in [-0.05, 0) is 31.4 Å². The molecule has 0 aliphatic carbocycles. The molecule has 2 nitrogen and oxygen atoms in total. The van der Waals surface area contributed by atoms with Crippen LogP contribution in [-0.2, 0) is 0 Å². The fourth-order valence-corrected chi connectivity index (χ4v) is 5.85. The first-order chi connectivity index (χ1) is 18.4. The highest BCUT2D eigenvalue weighted by atomic mass is 15.4. The van der Waals surface area contributed by atoms with Crippen LogP contribution in [0.3, 0.4) is 0 Å². The molecule has 0 bridgehead atoms. The molecule has 1 aromatic carbocycles. The molecule has 1 aliphatic heterocycles. The Balaban J connectivity index is 1.58. The lowest BCUT2D eigenvalue weighted by Crippen LogP contribution is -2.39. The minimum atomic E-state index is 0.504. The Hall–Kier alpha value is -1.44. The fourth-order valence-electron chi connectivity index (χ4n) is 5.85. The summed E-state index contributed by atoms with van der Waals surface area (Å²) in [4.78, 5) is 5.15. The Kier molecular flexibility index (Phi) is 19.4. The van der Waals surface area contributed by atoms with E-state index in [4.69, 9.17) is 0 Å². The van der Waals surface area contributed by atoms with Crippen LogP contribution in [-0.4, -0.2) is 17.6 Å². The zero-order chi connectivity index (χ0) is 26.2. The summed E-state index contributed by atoms with van der Waals surface area (Å²) in [5.74, 6) is 0. The van der Waals surface area contributed by atoms with Gasteiger partial charge in [-0.25, -0.2) is 0 Å². The lowest BCUT2D eigenvalue weighted by molar-refractivity contribution is 0.273. The Morgan fingerprint density at radius 3 is 1.41 bits per heavy atom. The van der Waals surface area contributed by atoms with Gasteiger partial charge in [0.25, 0.3) is 0 Å². The molecule has 0 amide bonds. The van der Waals surface area contributed by atoms with Crippen LogP contribution in [0.2, 0.25) is 0 Å². The molecule has 0 spiro atoms. The number of hydrogen-bond donors (Lipinski definition) is 0. The van der Waals surface area contributed by atoms with Crippen LogP contribution in [0.15, 0.2) is 42.7 Å². The average Bonchev–Trinajstić information content (AvgIpc) is 3.33. The molecule has 0 fully saturated rings. The van der Waals surface area contributed by atoms with E-state index < -0.39 is 0 Å². The van der Waals surface area contributed by atoms with Gasteiger partial charge in [-0.2, -0.15) is 0 Å². The van der Waals surface area contributed by atoms with Crippen molar-refractivity contribution in [1.82, 2.24) is 4.90 Å². The molecule has 0 saturated heterocycles. The second-order valence-electron chi connectivity index (χ2n) is 11.6. The van der Waals surface area contributed by atoms with E-state index in [9.17, 15) is 0 Å². The molecule has 2 heteroatoms. The molecular formula is C35H62N2. The highest BCUT2D eigenvalue weighted by Gasteiger charge is 2.26. The minimum Gasteiger partial charge on any atom is -0.356 e. The van der Waals surface area contributed by atoms with E-state index in [1.54, 1.807) is 0 Å². The van der Waals surface area contributed by atoms with Crippen molar-refractivity contribution in [3.8, 4) is 0 Å². The van der Waals surface area contributed by atoms with Gasteiger partial charge in [-0.15, -0.1) is 0 Å². The average molecular weight is 511 g/mol. The van der Waals surface area contributed by atoms with Crippen molar-refractivity contribution in [3.05, 3.63) is 42.7 Å². The Labute approximate surface area is 232 Å². The van der Waals surface area contributed by atoms with Gasteiger partial charge in [0, 0.05) is 24.6 Å². The number of anilines is 1. The van der Waals surface area contributed by atoms with Gasteiger partial charge in [0.15, 0.2) is 0 Å². The summed E-state index contributed by atoms with van der Waals surface area (Å²) in [6, 6.07) is 11.0. The predicted octanol–water partition coefficient (Wildman–Crippen LogP) is 11.6. The lowest BCUT2D eigenvalue weighted by atomic mass is 10.0. The van der Waals surface area contributed by atoms with Crippen LogP contribution in [0.25, 0.3) is 0 Å². The third-order valence-corrected chi connectivity index (χ3v) is 8.26. The topological polar surface area (TPSA) is 6.48 Å². The van der Waals surface area contributed by atoms with Crippen molar-refractivity contribution in [2.24, 2.45) is 0 Å². The number of rotatable bonds is 25. The zero-order valence-corrected chi connectivity index (χ0v) is 25.0. The fraction of sp³-hybridized carbons (Fsp3) is 0.771. The van der Waals surface area contributed by atoms with E-state index in [1.807, 2.05) is 0 Å². The van der Waals surface area contributed by atoms with Gasteiger partial charge in [0.2, 0.25) is 0 Å². The quantitative estimate of drug-likeness (QED) is 0.121. The van der Waals surface area contributed by atoms with Crippen molar-refractivity contribution < 1.29 is 0 Å². The van der Waals surface area contributed by atoms with Crippen molar-refractivity contribution in [2.75, 3.05) is 11.4 Å². The molecule has 1 unspecified atom stereocenters. The van der Waals surface area contributed by atoms with Crippen molar-refractivity contribution in [2.45, 2.75) is 168 Å². The molecule has 1 heterocycles. The first-order valence-electron chi connectivity index (χ1n) is 16.6. The van der Waals surface area contributed by atoms with E-state index >= 15 is 0 Å². The Morgan fingerprint density at radius 1 is 0.486 bits per heavy atom. The van der Waals surface area contributed by atoms with Gasteiger partial charge in [-0.1, -0.05) is 160 Å². The maximum Gasteiger partial charge on any atom is 0.105 e. The molecule has 0 aromatic heterocycles. The number of unbranched alkanes of at least 4 members (excludes halogenated alkanes) is 20. The predicted molar refractivity (Wildman–Crippen MR) is 166 cm³/mol. The number of benzene rings is 1. The van der Waals surface area contributed by atoms with Gasteiger partial charge in [0.05, 0.1) is 0 Å². The van der Waals surface area contributed by atoms with Gasteiger partial charge in [0.1, 0.15) is 6.17 Å². The first kappa shape index (κ1) is 31.8. The second kappa shape index (κ2) is 22.5. The van der Waals surface area contributed by atoms with Crippen LogP contribution in [0.4, 0.5) is 5.69 Å². The molecule has 0 radical (unpaired) electrons. The highest BCUT2D eigenvalue weighted by molar-refractivity contribution is 5.51. The smallest absolute Gasteiger partial charge is 0.105 e. The monoisotopic (exact) mass is 510 g/mol. The van der Waals surface area contributed by atoms with E-state index in [0.29, 0.717) is 6.17 Å². The van der Waals surface area contributed by atoms with Crippen molar-refractivity contribution in [1.29, 1.82) is 0 Å². The first-order valence-corrected chi connectivity index (χ1v) is 16.6. The Morgan fingerprint density at radius 2 is 0.919 bits per heavy atom. The third-order valence-electron chi connectivity index (χ3n) is 8.26. The Bertz CT molecular complexity index is 640. The van der Waals surface area contributed by atoms with Crippen LogP contribution in [0, 0.1) is 0 Å². The molecule has 1 aliphatic rings. The van der Waals surface area contributed by atoms with Crippen molar-refractivity contribution >= 4 is 5.69 Å². The van der Waals surface area contributed by atoms with E-state index in [1.165, 1.54) is 160 Å². The van der Waals surface area contributed by atoms with Crippen LogP contribution < -0.4 is 4.90 Å². The maximum atomic E-state index is 2.63. The van der Waals surface area contributed by atoms with Crippen molar-refractivity contribution in [3.63, 3.8) is 0 Å². The van der Waals surface area contributed by atoms with E-state index in [0.717, 1.165) is 0 Å². The summed E-state index contributed by atoms with van der Waals surface area (Å²) >= 11 is 0. The largest absolute Gasteiger partial charge is 0.356 e. The molecule has 1 aromatic rings. The lowest BCUT2D eigenvalue weighted by Gasteiger charge is -2.33. The molecular weight excluding hydrogens is 448 g/mol. The summed E-state index contributed by atoms with van der Waals surface area (Å²) in [5.41, 5.74) is 1.34. The molecule has 2 rings (SSSR count). The van der Waals surface area contributed by atoms with Crippen LogP contribution >= 0.6 is 0 Å². The van der Waals surface area contributed by atoms with Gasteiger partial charge >= 0.3 is 0 Å². The zero-order valence-electron chi connectivity index (χ0n) is 25.0. The number of nitrogens with zero attached hydrogens (tertiary/aromatic N) is 2. The summed E-state index contributed by atoms with van der Waals surface area (Å²) in [7, 11) is 0. The molecule has 1 atom stereocenters. The van der Waals surface area contributed by atoms with E-state index in [-0.39, 0.29) is 0 Å². The second-order valence-corrected chi connectivity index (χ2v) is 11.6. The van der Waals surface area contributed by atoms with E-state index in [2.05, 4.69) is 66.4 Å². The van der Waals surface area contributed by atoms with Crippen LogP contribution in [0.5, 0.6) is 0 Å². The van der Waals surface area contributed by atoms with Gasteiger partial charge in [-0.3, -0.25) is 0 Å². The summed E-state index contributed by atoms with van der Waals surface area (Å²) in [5, 5.41) is 0. The normalized spacial score (nSPS) is 15.2. The number of para-hydroxylation sites is 1. The maximum absolute atomic E-state index is 2.63. The standard InChI is InChI=1S/C35H62N2/c1-3-5-7-9-11-13-14-15-16-17-18-19-21-26-30-35-36(31-27-22-20-12-10-8-6-4-2)32-33-37(35)34-28-24-23-25-29-34/h23-25,28-29,32-33,35H,3-22,26-27,30-31H2,1-2H3. The summed E-state index contributed by atoms with van der Waals surface area (Å²) in [6.45, 7) is 5.81. The van der Waals surface area contributed by atoms with Gasteiger partial charge < -0.3 is 9.80 Å². The summed E-state index contributed by atoms with van der Waals surface area (Å²) in [6.07, 6.45) is 37.7. The number of hydrogen-bond acceptors (Lipinski definition) is 2. The minimum absolute atomic E-state index is 0.504.